The molecule has 2 aromatic heterocycles. The highest BCUT2D eigenvalue weighted by Crippen LogP contribution is 2.48. The largest absolute Gasteiger partial charge is 0.309 e. The second kappa shape index (κ2) is 9.78. The first kappa shape index (κ1) is 26.1. The highest BCUT2D eigenvalue weighted by Gasteiger charge is 2.21. The molecule has 2 heterocycles. The minimum Gasteiger partial charge on any atom is -0.309 e. The summed E-state index contributed by atoms with van der Waals surface area (Å²) in [4.78, 5) is 0. The summed E-state index contributed by atoms with van der Waals surface area (Å²) in [7, 11) is 0. The van der Waals surface area contributed by atoms with Crippen LogP contribution >= 0.6 is 11.3 Å². The van der Waals surface area contributed by atoms with Gasteiger partial charge in [0.2, 0.25) is 0 Å². The third-order valence-electron chi connectivity index (χ3n) is 10.3. The molecule has 48 heavy (non-hydrogen) atoms. The SMILES string of the molecule is c1ccc(-n2c3ccccc3c3ccc(-c4ccc5sc6ccc(-c7ccc8c(c7)-c7cccc9cccc-8c79)cc6c5c4)cc32)cc1. The fraction of sp³-hybridized carbons (Fsp3) is 0. The van der Waals surface area contributed by atoms with E-state index in [1.807, 2.05) is 11.3 Å². The van der Waals surface area contributed by atoms with Crippen molar-refractivity contribution in [3.05, 3.63) is 164 Å². The second-order valence-electron chi connectivity index (χ2n) is 12.9. The lowest BCUT2D eigenvalue weighted by atomic mass is 9.96. The van der Waals surface area contributed by atoms with Crippen LogP contribution in [0.3, 0.4) is 0 Å². The van der Waals surface area contributed by atoms with Gasteiger partial charge in [-0.05, 0) is 110 Å². The van der Waals surface area contributed by atoms with Crippen molar-refractivity contribution < 1.29 is 0 Å². The Morgan fingerprint density at radius 2 is 0.958 bits per heavy atom. The van der Waals surface area contributed by atoms with Crippen LogP contribution in [0.4, 0.5) is 0 Å². The Kier molecular flexibility index (Phi) is 5.32. The van der Waals surface area contributed by atoms with Crippen LogP contribution < -0.4 is 0 Å². The van der Waals surface area contributed by atoms with Crippen molar-refractivity contribution in [3.8, 4) is 50.2 Å². The standard InChI is InChI=1S/C46H27NS/c1-2-10-33(11-3-1)47-42-15-5-4-12-35(42)36-21-17-32(27-43(36)47)31-19-23-45-41(26-31)40-25-30(18-22-44(40)48-45)29-16-20-34-37-13-6-8-28-9-7-14-38(46(28)37)39(34)24-29/h1-27H. The van der Waals surface area contributed by atoms with Gasteiger partial charge in [0.25, 0.3) is 0 Å². The molecular weight excluding hydrogens is 599 g/mol. The molecule has 1 aliphatic carbocycles. The molecule has 222 valence electrons. The van der Waals surface area contributed by atoms with Crippen LogP contribution in [0, 0.1) is 0 Å². The Hall–Kier alpha value is -5.96. The van der Waals surface area contributed by atoms with Gasteiger partial charge in [-0.1, -0.05) is 109 Å². The third-order valence-corrected chi connectivity index (χ3v) is 11.5. The van der Waals surface area contributed by atoms with E-state index in [1.54, 1.807) is 0 Å². The molecule has 0 bridgehead atoms. The smallest absolute Gasteiger partial charge is 0.0547 e. The van der Waals surface area contributed by atoms with Crippen LogP contribution in [0.15, 0.2) is 164 Å². The summed E-state index contributed by atoms with van der Waals surface area (Å²) in [6.45, 7) is 0. The van der Waals surface area contributed by atoms with E-state index in [0.29, 0.717) is 0 Å². The van der Waals surface area contributed by atoms with E-state index in [9.17, 15) is 0 Å². The van der Waals surface area contributed by atoms with Gasteiger partial charge >= 0.3 is 0 Å². The lowest BCUT2D eigenvalue weighted by molar-refractivity contribution is 1.18. The summed E-state index contributed by atoms with van der Waals surface area (Å²) < 4.78 is 5.04. The topological polar surface area (TPSA) is 4.93 Å². The highest BCUT2D eigenvalue weighted by atomic mass is 32.1. The van der Waals surface area contributed by atoms with E-state index in [-0.39, 0.29) is 0 Å². The Bertz CT molecular complexity index is 2940. The highest BCUT2D eigenvalue weighted by molar-refractivity contribution is 7.25. The molecule has 0 N–H and O–H groups in total. The van der Waals surface area contributed by atoms with Gasteiger partial charge in [0.15, 0.2) is 0 Å². The maximum absolute atomic E-state index is 2.40. The van der Waals surface area contributed by atoms with Crippen LogP contribution in [0.5, 0.6) is 0 Å². The van der Waals surface area contributed by atoms with Gasteiger partial charge in [-0.3, -0.25) is 0 Å². The Labute approximate surface area is 281 Å². The molecule has 0 saturated carbocycles. The number of hydrogen-bond acceptors (Lipinski definition) is 1. The maximum Gasteiger partial charge on any atom is 0.0547 e. The Balaban J connectivity index is 1.05. The molecule has 0 saturated heterocycles. The van der Waals surface area contributed by atoms with Crippen molar-refractivity contribution in [2.45, 2.75) is 0 Å². The molecule has 1 nitrogen and oxygen atoms in total. The predicted molar refractivity (Wildman–Crippen MR) is 206 cm³/mol. The number of benzene rings is 8. The minimum absolute atomic E-state index is 1.18. The average Bonchev–Trinajstić information content (AvgIpc) is 3.79. The van der Waals surface area contributed by atoms with Gasteiger partial charge in [-0.25, -0.2) is 0 Å². The summed E-state index contributed by atoms with van der Waals surface area (Å²) >= 11 is 1.88. The van der Waals surface area contributed by atoms with Crippen molar-refractivity contribution in [3.63, 3.8) is 0 Å². The molecule has 11 rings (SSSR count). The van der Waals surface area contributed by atoms with Crippen LogP contribution in [-0.2, 0) is 0 Å². The monoisotopic (exact) mass is 625 g/mol. The van der Waals surface area contributed by atoms with E-state index in [0.717, 1.165) is 0 Å². The number of nitrogens with zero attached hydrogens (tertiary/aromatic N) is 1. The van der Waals surface area contributed by atoms with Crippen LogP contribution in [0.2, 0.25) is 0 Å². The van der Waals surface area contributed by atoms with Crippen molar-refractivity contribution in [2.24, 2.45) is 0 Å². The first-order valence-corrected chi connectivity index (χ1v) is 17.3. The summed E-state index contributed by atoms with van der Waals surface area (Å²) in [5.41, 5.74) is 14.0. The van der Waals surface area contributed by atoms with Crippen molar-refractivity contribution >= 4 is 64.1 Å². The summed E-state index contributed by atoms with van der Waals surface area (Å²) in [6.07, 6.45) is 0. The first-order chi connectivity index (χ1) is 23.8. The molecule has 1 aliphatic rings. The Morgan fingerprint density at radius 1 is 0.354 bits per heavy atom. The zero-order valence-corrected chi connectivity index (χ0v) is 26.8. The van der Waals surface area contributed by atoms with Crippen LogP contribution in [-0.4, -0.2) is 4.57 Å². The zero-order chi connectivity index (χ0) is 31.3. The molecular formula is C46H27NS. The fourth-order valence-corrected chi connectivity index (χ4v) is 9.18. The van der Waals surface area contributed by atoms with Crippen molar-refractivity contribution in [1.29, 1.82) is 0 Å². The quantitative estimate of drug-likeness (QED) is 0.184. The summed E-state index contributed by atoms with van der Waals surface area (Å²) in [6, 6.07) is 60.7. The molecule has 0 radical (unpaired) electrons. The van der Waals surface area contributed by atoms with Crippen LogP contribution in [0.25, 0.3) is 103 Å². The predicted octanol–water partition coefficient (Wildman–Crippen LogP) is 13.3. The molecule has 0 atom stereocenters. The number of rotatable bonds is 3. The number of para-hydroxylation sites is 2. The molecule has 8 aromatic carbocycles. The lowest BCUT2D eigenvalue weighted by Crippen LogP contribution is -1.93. The Morgan fingerprint density at radius 3 is 1.73 bits per heavy atom. The third kappa shape index (κ3) is 3.66. The zero-order valence-electron chi connectivity index (χ0n) is 25.9. The number of hydrogen-bond donors (Lipinski definition) is 0. The van der Waals surface area contributed by atoms with Gasteiger partial charge in [0.05, 0.1) is 11.0 Å². The van der Waals surface area contributed by atoms with Gasteiger partial charge < -0.3 is 4.57 Å². The number of fused-ring (bicyclic) bond motifs is 9. The lowest BCUT2D eigenvalue weighted by Gasteiger charge is -2.09. The molecule has 0 unspecified atom stereocenters. The molecule has 10 aromatic rings. The number of thiophene rings is 1. The molecule has 0 amide bonds. The average molecular weight is 626 g/mol. The summed E-state index contributed by atoms with van der Waals surface area (Å²) in [5, 5.41) is 7.88. The fourth-order valence-electron chi connectivity index (χ4n) is 8.11. The van der Waals surface area contributed by atoms with E-state index >= 15 is 0 Å². The molecule has 0 spiro atoms. The van der Waals surface area contributed by atoms with Gasteiger partial charge in [-0.15, -0.1) is 11.3 Å². The van der Waals surface area contributed by atoms with Gasteiger partial charge in [-0.2, -0.15) is 0 Å². The maximum atomic E-state index is 2.40. The van der Waals surface area contributed by atoms with Crippen molar-refractivity contribution in [2.75, 3.05) is 0 Å². The summed E-state index contributed by atoms with van der Waals surface area (Å²) in [5.74, 6) is 0. The molecule has 2 heteroatoms. The van der Waals surface area contributed by atoms with E-state index in [2.05, 4.69) is 168 Å². The number of aromatic nitrogens is 1. The first-order valence-electron chi connectivity index (χ1n) is 16.5. The van der Waals surface area contributed by atoms with Gasteiger partial charge in [0.1, 0.15) is 0 Å². The minimum atomic E-state index is 1.18. The second-order valence-corrected chi connectivity index (χ2v) is 14.0. The van der Waals surface area contributed by atoms with E-state index < -0.39 is 0 Å². The molecule has 0 aliphatic heterocycles. The molecule has 0 fully saturated rings. The van der Waals surface area contributed by atoms with Crippen LogP contribution in [0.1, 0.15) is 0 Å². The van der Waals surface area contributed by atoms with Crippen molar-refractivity contribution in [1.82, 2.24) is 4.57 Å². The van der Waals surface area contributed by atoms with Gasteiger partial charge in [0, 0.05) is 36.6 Å². The normalized spacial score (nSPS) is 12.2. The van der Waals surface area contributed by atoms with E-state index in [1.165, 1.54) is 103 Å². The van der Waals surface area contributed by atoms with E-state index in [4.69, 9.17) is 0 Å².